The summed E-state index contributed by atoms with van der Waals surface area (Å²) in [6, 6.07) is 7.59. The van der Waals surface area contributed by atoms with Gasteiger partial charge in [0.05, 0.1) is 19.1 Å². The van der Waals surface area contributed by atoms with Crippen molar-refractivity contribution >= 4 is 17.8 Å². The molecule has 1 amide bonds. The highest BCUT2D eigenvalue weighted by atomic mass is 16.5. The van der Waals surface area contributed by atoms with Gasteiger partial charge in [0.15, 0.2) is 5.96 Å². The highest BCUT2D eigenvalue weighted by Gasteiger charge is 2.27. The number of likely N-dealkylation sites (N-methyl/N-ethyl adjacent to an activating group) is 1. The molecule has 0 bridgehead atoms. The molecular formula is C23H37N5O3. The summed E-state index contributed by atoms with van der Waals surface area (Å²) in [7, 11) is 3.96. The number of hydrogen-bond acceptors (Lipinski definition) is 5. The molecule has 0 spiro atoms. The number of likely N-dealkylation sites (tertiary alicyclic amines) is 1. The number of aliphatic imine (C=N–C) groups is 1. The van der Waals surface area contributed by atoms with Crippen molar-refractivity contribution in [1.82, 2.24) is 20.4 Å². The average Bonchev–Trinajstić information content (AvgIpc) is 2.77. The van der Waals surface area contributed by atoms with E-state index in [1.807, 2.05) is 57.1 Å². The zero-order valence-corrected chi connectivity index (χ0v) is 19.3. The Morgan fingerprint density at radius 3 is 2.58 bits per heavy atom. The summed E-state index contributed by atoms with van der Waals surface area (Å²) in [4.78, 5) is 33.3. The number of carbonyl (C=O) groups excluding carboxylic acids is 2. The Kier molecular flexibility index (Phi) is 10.3. The van der Waals surface area contributed by atoms with Gasteiger partial charge in [-0.15, -0.1) is 0 Å². The van der Waals surface area contributed by atoms with Gasteiger partial charge in [0.25, 0.3) is 5.91 Å². The third-order valence-corrected chi connectivity index (χ3v) is 5.19. The van der Waals surface area contributed by atoms with Gasteiger partial charge < -0.3 is 25.2 Å². The van der Waals surface area contributed by atoms with Crippen molar-refractivity contribution in [2.75, 3.05) is 53.4 Å². The minimum atomic E-state index is -0.0928. The maximum Gasteiger partial charge on any atom is 0.309 e. The first-order valence-corrected chi connectivity index (χ1v) is 11.2. The largest absolute Gasteiger partial charge is 0.466 e. The Bertz CT molecular complexity index is 742. The number of amides is 1. The summed E-state index contributed by atoms with van der Waals surface area (Å²) in [5.41, 5.74) is 1.63. The minimum absolute atomic E-state index is 0.0261. The number of esters is 1. The Labute approximate surface area is 186 Å². The van der Waals surface area contributed by atoms with Crippen LogP contribution in [0.3, 0.4) is 0 Å². The molecule has 2 N–H and O–H groups in total. The Balaban J connectivity index is 1.96. The van der Waals surface area contributed by atoms with Crippen LogP contribution in [0.5, 0.6) is 0 Å². The minimum Gasteiger partial charge on any atom is -0.466 e. The van der Waals surface area contributed by atoms with Crippen LogP contribution in [0.2, 0.25) is 0 Å². The number of nitrogens with zero attached hydrogens (tertiary/aromatic N) is 3. The van der Waals surface area contributed by atoms with Crippen LogP contribution in [0, 0.1) is 5.92 Å². The molecule has 1 aliphatic heterocycles. The second-order valence-electron chi connectivity index (χ2n) is 7.94. The molecule has 0 aliphatic carbocycles. The van der Waals surface area contributed by atoms with E-state index in [2.05, 4.69) is 15.5 Å². The SMILES string of the molecule is CCNC(=NCc1cccc(C(=O)NCCN(C)C)c1)N1CCC(C(=O)OCC)CC1. The number of ether oxygens (including phenoxy) is 1. The summed E-state index contributed by atoms with van der Waals surface area (Å²) in [6.07, 6.45) is 1.54. The molecule has 1 aromatic rings. The van der Waals surface area contributed by atoms with Crippen molar-refractivity contribution in [3.63, 3.8) is 0 Å². The molecule has 0 aromatic heterocycles. The fraction of sp³-hybridized carbons (Fsp3) is 0.609. The first kappa shape index (κ1) is 24.7. The maximum atomic E-state index is 12.4. The van der Waals surface area contributed by atoms with E-state index in [-0.39, 0.29) is 17.8 Å². The van der Waals surface area contributed by atoms with Gasteiger partial charge in [-0.2, -0.15) is 0 Å². The zero-order valence-electron chi connectivity index (χ0n) is 19.3. The van der Waals surface area contributed by atoms with Crippen LogP contribution in [0.25, 0.3) is 0 Å². The molecule has 1 saturated heterocycles. The molecule has 8 heteroatoms. The van der Waals surface area contributed by atoms with E-state index < -0.39 is 0 Å². The van der Waals surface area contributed by atoms with Crippen LogP contribution >= 0.6 is 0 Å². The number of rotatable bonds is 9. The van der Waals surface area contributed by atoms with Gasteiger partial charge in [-0.3, -0.25) is 9.59 Å². The number of guanidine groups is 1. The van der Waals surface area contributed by atoms with E-state index in [0.717, 1.165) is 50.5 Å². The quantitative estimate of drug-likeness (QED) is 0.352. The van der Waals surface area contributed by atoms with Gasteiger partial charge in [-0.1, -0.05) is 12.1 Å². The maximum absolute atomic E-state index is 12.4. The van der Waals surface area contributed by atoms with Crippen molar-refractivity contribution in [2.45, 2.75) is 33.2 Å². The average molecular weight is 432 g/mol. The molecule has 1 aliphatic rings. The highest BCUT2D eigenvalue weighted by molar-refractivity contribution is 5.94. The molecule has 1 heterocycles. The molecule has 0 radical (unpaired) electrons. The smallest absolute Gasteiger partial charge is 0.309 e. The molecule has 172 valence electrons. The molecular weight excluding hydrogens is 394 g/mol. The lowest BCUT2D eigenvalue weighted by Gasteiger charge is -2.33. The first-order chi connectivity index (χ1) is 14.9. The van der Waals surface area contributed by atoms with Crippen LogP contribution < -0.4 is 10.6 Å². The zero-order chi connectivity index (χ0) is 22.6. The summed E-state index contributed by atoms with van der Waals surface area (Å²) in [5, 5.41) is 6.29. The van der Waals surface area contributed by atoms with Gasteiger partial charge in [0.2, 0.25) is 0 Å². The number of piperidine rings is 1. The van der Waals surface area contributed by atoms with Crippen molar-refractivity contribution in [3.05, 3.63) is 35.4 Å². The molecule has 0 saturated carbocycles. The van der Waals surface area contributed by atoms with Crippen molar-refractivity contribution in [1.29, 1.82) is 0 Å². The Morgan fingerprint density at radius 2 is 1.94 bits per heavy atom. The molecule has 0 atom stereocenters. The normalized spacial score (nSPS) is 15.1. The standard InChI is InChI=1S/C23H37N5O3/c1-5-24-23(28-13-10-19(11-14-28)22(30)31-6-2)26-17-18-8-7-9-20(16-18)21(29)25-12-15-27(3)4/h7-9,16,19H,5-6,10-15,17H2,1-4H3,(H,24,26)(H,25,29). The predicted molar refractivity (Wildman–Crippen MR) is 123 cm³/mol. The lowest BCUT2D eigenvalue weighted by molar-refractivity contribution is -0.149. The van der Waals surface area contributed by atoms with Gasteiger partial charge in [-0.25, -0.2) is 4.99 Å². The third-order valence-electron chi connectivity index (χ3n) is 5.19. The number of nitrogens with one attached hydrogen (secondary N) is 2. The molecule has 0 unspecified atom stereocenters. The fourth-order valence-electron chi connectivity index (χ4n) is 3.49. The van der Waals surface area contributed by atoms with Crippen molar-refractivity contribution in [3.8, 4) is 0 Å². The second-order valence-corrected chi connectivity index (χ2v) is 7.94. The summed E-state index contributed by atoms with van der Waals surface area (Å²) >= 11 is 0. The Hall–Kier alpha value is -2.61. The van der Waals surface area contributed by atoms with E-state index in [9.17, 15) is 9.59 Å². The van der Waals surface area contributed by atoms with Crippen molar-refractivity contribution in [2.24, 2.45) is 10.9 Å². The molecule has 1 aromatic carbocycles. The van der Waals surface area contributed by atoms with Gasteiger partial charge >= 0.3 is 5.97 Å². The van der Waals surface area contributed by atoms with E-state index in [1.54, 1.807) is 0 Å². The van der Waals surface area contributed by atoms with Gasteiger partial charge in [0.1, 0.15) is 0 Å². The molecule has 2 rings (SSSR count). The molecule has 31 heavy (non-hydrogen) atoms. The predicted octanol–water partition coefficient (Wildman–Crippen LogP) is 1.72. The molecule has 8 nitrogen and oxygen atoms in total. The Morgan fingerprint density at radius 1 is 1.19 bits per heavy atom. The topological polar surface area (TPSA) is 86.3 Å². The highest BCUT2D eigenvalue weighted by Crippen LogP contribution is 2.19. The fourth-order valence-corrected chi connectivity index (χ4v) is 3.49. The van der Waals surface area contributed by atoms with Gasteiger partial charge in [-0.05, 0) is 58.5 Å². The molecule has 1 fully saturated rings. The van der Waals surface area contributed by atoms with Crippen LogP contribution in [0.4, 0.5) is 0 Å². The van der Waals surface area contributed by atoms with E-state index in [4.69, 9.17) is 9.73 Å². The van der Waals surface area contributed by atoms with E-state index in [1.165, 1.54) is 0 Å². The number of hydrogen-bond donors (Lipinski definition) is 2. The van der Waals surface area contributed by atoms with E-state index in [0.29, 0.717) is 25.3 Å². The lowest BCUT2D eigenvalue weighted by atomic mass is 9.97. The van der Waals surface area contributed by atoms with Crippen LogP contribution in [0.1, 0.15) is 42.6 Å². The van der Waals surface area contributed by atoms with Crippen molar-refractivity contribution < 1.29 is 14.3 Å². The summed E-state index contributed by atoms with van der Waals surface area (Å²) < 4.78 is 5.16. The van der Waals surface area contributed by atoms with Gasteiger partial charge in [0, 0.05) is 38.3 Å². The summed E-state index contributed by atoms with van der Waals surface area (Å²) in [5.74, 6) is 0.651. The number of benzene rings is 1. The van der Waals surface area contributed by atoms with Crippen LogP contribution in [0.15, 0.2) is 29.3 Å². The number of carbonyl (C=O) groups is 2. The third kappa shape index (κ3) is 8.20. The van der Waals surface area contributed by atoms with Crippen LogP contribution in [-0.2, 0) is 16.1 Å². The van der Waals surface area contributed by atoms with Crippen LogP contribution in [-0.4, -0.2) is 81.1 Å². The van der Waals surface area contributed by atoms with E-state index >= 15 is 0 Å². The monoisotopic (exact) mass is 431 g/mol. The lowest BCUT2D eigenvalue weighted by Crippen LogP contribution is -2.46. The second kappa shape index (κ2) is 12.9. The summed E-state index contributed by atoms with van der Waals surface area (Å²) in [6.45, 7) is 8.51. The first-order valence-electron chi connectivity index (χ1n) is 11.2.